The molecule has 90 valence electrons. The minimum Gasteiger partial charge on any atom is -0.379 e. The molecule has 2 N–H and O–H groups in total. The van der Waals surface area contributed by atoms with Gasteiger partial charge in [-0.25, -0.2) is 0 Å². The second-order valence-corrected chi connectivity index (χ2v) is 5.76. The molecule has 0 amide bonds. The molecule has 2 unspecified atom stereocenters. The Morgan fingerprint density at radius 3 is 2.67 bits per heavy atom. The molecule has 0 spiro atoms. The Kier molecular flexibility index (Phi) is 6.40. The lowest BCUT2D eigenvalue weighted by Gasteiger charge is -2.26. The van der Waals surface area contributed by atoms with Crippen LogP contribution in [-0.4, -0.2) is 59.5 Å². The van der Waals surface area contributed by atoms with Crippen LogP contribution in [0.2, 0.25) is 0 Å². The van der Waals surface area contributed by atoms with E-state index in [-0.39, 0.29) is 6.04 Å². The molecule has 1 saturated heterocycles. The zero-order valence-corrected chi connectivity index (χ0v) is 10.3. The predicted octanol–water partition coefficient (Wildman–Crippen LogP) is -0.195. The maximum absolute atomic E-state index is 11.6. The zero-order valence-electron chi connectivity index (χ0n) is 9.48. The summed E-state index contributed by atoms with van der Waals surface area (Å²) in [5, 5.41) is 0. The Hall–Kier alpha value is 0.0300. The van der Waals surface area contributed by atoms with Crippen LogP contribution >= 0.6 is 0 Å². The van der Waals surface area contributed by atoms with E-state index < -0.39 is 10.8 Å². The number of hydrogen-bond acceptors (Lipinski definition) is 4. The van der Waals surface area contributed by atoms with E-state index in [9.17, 15) is 4.21 Å². The van der Waals surface area contributed by atoms with Crippen molar-refractivity contribution in [2.24, 2.45) is 5.73 Å². The molecule has 0 aromatic heterocycles. The van der Waals surface area contributed by atoms with E-state index in [4.69, 9.17) is 10.5 Å². The zero-order chi connectivity index (χ0) is 11.1. The van der Waals surface area contributed by atoms with Gasteiger partial charge in [-0.15, -0.1) is 0 Å². The van der Waals surface area contributed by atoms with E-state index in [0.29, 0.717) is 0 Å². The lowest BCUT2D eigenvalue weighted by molar-refractivity contribution is 0.0409. The summed E-state index contributed by atoms with van der Waals surface area (Å²) >= 11 is 0. The first kappa shape index (κ1) is 13.1. The van der Waals surface area contributed by atoms with Gasteiger partial charge >= 0.3 is 0 Å². The van der Waals surface area contributed by atoms with Crippen LogP contribution < -0.4 is 5.73 Å². The summed E-state index contributed by atoms with van der Waals surface area (Å²) in [6, 6.07) is 0.164. The summed E-state index contributed by atoms with van der Waals surface area (Å²) in [5.74, 6) is 1.51. The molecule has 15 heavy (non-hydrogen) atoms. The number of morpholine rings is 1. The molecule has 2 atom stereocenters. The van der Waals surface area contributed by atoms with Crippen molar-refractivity contribution in [1.29, 1.82) is 0 Å². The number of nitrogens with zero attached hydrogens (tertiary/aromatic N) is 1. The number of hydrogen-bond donors (Lipinski definition) is 1. The average Bonchev–Trinajstić information content (AvgIpc) is 2.25. The molecular weight excluding hydrogens is 212 g/mol. The van der Waals surface area contributed by atoms with Crippen LogP contribution in [0.25, 0.3) is 0 Å². The molecule has 1 aliphatic rings. The van der Waals surface area contributed by atoms with Gasteiger partial charge in [0.15, 0.2) is 0 Å². The monoisotopic (exact) mass is 234 g/mol. The van der Waals surface area contributed by atoms with Crippen LogP contribution in [0.3, 0.4) is 0 Å². The highest BCUT2D eigenvalue weighted by Crippen LogP contribution is 1.98. The van der Waals surface area contributed by atoms with Gasteiger partial charge in [0.1, 0.15) is 0 Å². The second-order valence-electron chi connectivity index (χ2n) is 4.07. The predicted molar refractivity (Wildman–Crippen MR) is 63.4 cm³/mol. The van der Waals surface area contributed by atoms with Gasteiger partial charge in [0.25, 0.3) is 0 Å². The molecule has 0 bridgehead atoms. The molecule has 4 nitrogen and oxygen atoms in total. The minimum atomic E-state index is -0.705. The molecule has 0 aliphatic carbocycles. The maximum Gasteiger partial charge on any atom is 0.0594 e. The van der Waals surface area contributed by atoms with Gasteiger partial charge in [-0.3, -0.25) is 9.11 Å². The topological polar surface area (TPSA) is 55.6 Å². The largest absolute Gasteiger partial charge is 0.379 e. The first-order valence-corrected chi connectivity index (χ1v) is 7.08. The number of nitrogens with two attached hydrogens (primary N) is 1. The van der Waals surface area contributed by atoms with Crippen LogP contribution in [0.15, 0.2) is 0 Å². The lowest BCUT2D eigenvalue weighted by atomic mass is 10.3. The van der Waals surface area contributed by atoms with Crippen LogP contribution in [0.4, 0.5) is 0 Å². The first-order valence-electron chi connectivity index (χ1n) is 5.59. The SMILES string of the molecule is CC(N)CCS(=O)CCN1CCOCC1. The fourth-order valence-corrected chi connectivity index (χ4v) is 2.78. The van der Waals surface area contributed by atoms with Crippen molar-refractivity contribution in [3.63, 3.8) is 0 Å². The minimum absolute atomic E-state index is 0.164. The average molecular weight is 234 g/mol. The van der Waals surface area contributed by atoms with Crippen molar-refractivity contribution in [1.82, 2.24) is 4.90 Å². The quantitative estimate of drug-likeness (QED) is 0.692. The summed E-state index contributed by atoms with van der Waals surface area (Å²) in [4.78, 5) is 2.31. The molecule has 0 aromatic carbocycles. The third kappa shape index (κ3) is 6.25. The van der Waals surface area contributed by atoms with E-state index in [0.717, 1.165) is 50.8 Å². The van der Waals surface area contributed by atoms with Crippen molar-refractivity contribution in [3.05, 3.63) is 0 Å². The molecule has 1 fully saturated rings. The van der Waals surface area contributed by atoms with Gasteiger partial charge in [-0.05, 0) is 13.3 Å². The highest BCUT2D eigenvalue weighted by Gasteiger charge is 2.11. The number of ether oxygens (including phenoxy) is 1. The smallest absolute Gasteiger partial charge is 0.0594 e. The standard InChI is InChI=1S/C10H22N2O2S/c1-10(11)2-8-15(13)9-5-12-3-6-14-7-4-12/h10H,2-9,11H2,1H3. The van der Waals surface area contributed by atoms with Crippen molar-refractivity contribution in [2.45, 2.75) is 19.4 Å². The molecule has 0 saturated carbocycles. The van der Waals surface area contributed by atoms with Crippen molar-refractivity contribution in [2.75, 3.05) is 44.4 Å². The van der Waals surface area contributed by atoms with Gasteiger partial charge in [-0.2, -0.15) is 0 Å². The van der Waals surface area contributed by atoms with Gasteiger partial charge in [0, 0.05) is 48.0 Å². The highest BCUT2D eigenvalue weighted by molar-refractivity contribution is 7.84. The summed E-state index contributed by atoms with van der Waals surface area (Å²) in [6.45, 7) is 6.46. The Bertz CT molecular complexity index is 194. The van der Waals surface area contributed by atoms with E-state index in [1.165, 1.54) is 0 Å². The normalized spacial score (nSPS) is 22.5. The van der Waals surface area contributed by atoms with Gasteiger partial charge in [0.2, 0.25) is 0 Å². The Morgan fingerprint density at radius 1 is 1.40 bits per heavy atom. The van der Waals surface area contributed by atoms with Crippen LogP contribution in [0, 0.1) is 0 Å². The van der Waals surface area contributed by atoms with E-state index in [2.05, 4.69) is 4.90 Å². The lowest BCUT2D eigenvalue weighted by Crippen LogP contribution is -2.38. The van der Waals surface area contributed by atoms with Crippen LogP contribution in [0.1, 0.15) is 13.3 Å². The Labute approximate surface area is 94.6 Å². The van der Waals surface area contributed by atoms with E-state index in [1.807, 2.05) is 6.92 Å². The fraction of sp³-hybridized carbons (Fsp3) is 1.00. The third-order valence-corrected chi connectivity index (χ3v) is 3.87. The summed E-state index contributed by atoms with van der Waals surface area (Å²) in [5.41, 5.74) is 5.62. The summed E-state index contributed by atoms with van der Waals surface area (Å²) in [6.07, 6.45) is 0.857. The van der Waals surface area contributed by atoms with E-state index >= 15 is 0 Å². The molecule has 0 aromatic rings. The summed E-state index contributed by atoms with van der Waals surface area (Å²) in [7, 11) is -0.705. The molecular formula is C10H22N2O2S. The van der Waals surface area contributed by atoms with Crippen LogP contribution in [0.5, 0.6) is 0 Å². The second kappa shape index (κ2) is 7.33. The Morgan fingerprint density at radius 2 is 2.07 bits per heavy atom. The van der Waals surface area contributed by atoms with E-state index in [1.54, 1.807) is 0 Å². The van der Waals surface area contributed by atoms with Gasteiger partial charge in [-0.1, -0.05) is 0 Å². The Balaban J connectivity index is 2.05. The molecule has 1 rings (SSSR count). The summed E-state index contributed by atoms with van der Waals surface area (Å²) < 4.78 is 16.8. The van der Waals surface area contributed by atoms with Gasteiger partial charge in [0.05, 0.1) is 13.2 Å². The molecule has 1 aliphatic heterocycles. The van der Waals surface area contributed by atoms with Crippen molar-refractivity contribution < 1.29 is 8.95 Å². The van der Waals surface area contributed by atoms with Crippen molar-refractivity contribution in [3.8, 4) is 0 Å². The fourth-order valence-electron chi connectivity index (χ4n) is 1.48. The highest BCUT2D eigenvalue weighted by atomic mass is 32.2. The number of rotatable bonds is 6. The van der Waals surface area contributed by atoms with Crippen molar-refractivity contribution >= 4 is 10.8 Å². The van der Waals surface area contributed by atoms with Gasteiger partial charge < -0.3 is 10.5 Å². The third-order valence-electron chi connectivity index (χ3n) is 2.54. The maximum atomic E-state index is 11.6. The molecule has 0 radical (unpaired) electrons. The molecule has 5 heteroatoms. The molecule has 1 heterocycles. The van der Waals surface area contributed by atoms with Crippen LogP contribution in [-0.2, 0) is 15.5 Å². The first-order chi connectivity index (χ1) is 7.18.